The molecule has 0 fully saturated rings. The van der Waals surface area contributed by atoms with Gasteiger partial charge in [0.05, 0.1) is 11.3 Å². The van der Waals surface area contributed by atoms with Gasteiger partial charge in [-0.15, -0.1) is 0 Å². The van der Waals surface area contributed by atoms with Gasteiger partial charge in [0.2, 0.25) is 0 Å². The second-order valence-electron chi connectivity index (χ2n) is 4.10. The summed E-state index contributed by atoms with van der Waals surface area (Å²) in [5.41, 5.74) is 0.152. The molecule has 0 unspecified atom stereocenters. The van der Waals surface area contributed by atoms with Gasteiger partial charge >= 0.3 is 6.18 Å². The number of nitrogens with one attached hydrogen (secondary N) is 1. The summed E-state index contributed by atoms with van der Waals surface area (Å²) in [6.45, 7) is 7.19. The Hall–Kier alpha value is -0.750. The third-order valence-electron chi connectivity index (χ3n) is 2.81. The fraction of sp³-hybridized carbons (Fsp3) is 0.538. The Morgan fingerprint density at radius 2 is 1.95 bits per heavy atom. The van der Waals surface area contributed by atoms with Gasteiger partial charge < -0.3 is 10.2 Å². The van der Waals surface area contributed by atoms with Crippen molar-refractivity contribution in [2.24, 2.45) is 0 Å². The number of nitrogens with zero attached hydrogens (tertiary/aromatic N) is 1. The van der Waals surface area contributed by atoms with Crippen LogP contribution in [0.1, 0.15) is 19.4 Å². The van der Waals surface area contributed by atoms with Crippen molar-refractivity contribution in [1.82, 2.24) is 5.32 Å². The summed E-state index contributed by atoms with van der Waals surface area (Å²) in [4.78, 5) is 2.03. The molecule has 1 N–H and O–H groups in total. The van der Waals surface area contributed by atoms with E-state index < -0.39 is 11.7 Å². The van der Waals surface area contributed by atoms with Crippen molar-refractivity contribution in [3.05, 3.63) is 28.2 Å². The Kier molecular flexibility index (Phi) is 6.13. The van der Waals surface area contributed by atoms with Crippen molar-refractivity contribution in [1.29, 1.82) is 0 Å². The predicted molar refractivity (Wildman–Crippen MR) is 75.6 cm³/mol. The van der Waals surface area contributed by atoms with Crippen LogP contribution >= 0.6 is 15.9 Å². The van der Waals surface area contributed by atoms with E-state index in [0.29, 0.717) is 4.47 Å². The standard InChI is InChI=1S/C13H18BrF3N2/c1-3-18-7-8-19(4-2)12-6-5-10(9-11(12)14)13(15,16)17/h5-6,9,18H,3-4,7-8H2,1-2H3. The third-order valence-corrected chi connectivity index (χ3v) is 3.44. The van der Waals surface area contributed by atoms with E-state index in [-0.39, 0.29) is 0 Å². The summed E-state index contributed by atoms with van der Waals surface area (Å²) >= 11 is 3.23. The zero-order valence-corrected chi connectivity index (χ0v) is 12.6. The summed E-state index contributed by atoms with van der Waals surface area (Å²) < 4.78 is 38.2. The maximum Gasteiger partial charge on any atom is 0.416 e. The fourth-order valence-corrected chi connectivity index (χ4v) is 2.41. The van der Waals surface area contributed by atoms with Crippen molar-refractivity contribution < 1.29 is 13.2 Å². The topological polar surface area (TPSA) is 15.3 Å². The molecule has 0 spiro atoms. The predicted octanol–water partition coefficient (Wildman–Crippen LogP) is 3.90. The molecule has 0 aliphatic carbocycles. The molecule has 19 heavy (non-hydrogen) atoms. The lowest BCUT2D eigenvalue weighted by molar-refractivity contribution is -0.137. The molecule has 1 aromatic rings. The fourth-order valence-electron chi connectivity index (χ4n) is 1.78. The molecule has 0 aliphatic rings. The molecule has 2 nitrogen and oxygen atoms in total. The average molecular weight is 339 g/mol. The molecule has 0 radical (unpaired) electrons. The van der Waals surface area contributed by atoms with Gasteiger partial charge in [-0.25, -0.2) is 0 Å². The summed E-state index contributed by atoms with van der Waals surface area (Å²) in [5, 5.41) is 3.20. The molecule has 0 aliphatic heterocycles. The summed E-state index contributed by atoms with van der Waals surface area (Å²) in [6, 6.07) is 3.77. The van der Waals surface area contributed by atoms with E-state index in [4.69, 9.17) is 0 Å². The molecule has 6 heteroatoms. The van der Waals surface area contributed by atoms with Crippen LogP contribution in [0.3, 0.4) is 0 Å². The Bertz CT molecular complexity index is 407. The van der Waals surface area contributed by atoms with Crippen molar-refractivity contribution in [2.75, 3.05) is 31.1 Å². The second-order valence-corrected chi connectivity index (χ2v) is 4.95. The second kappa shape index (κ2) is 7.14. The number of halogens is 4. The molecular formula is C13H18BrF3N2. The van der Waals surface area contributed by atoms with Crippen LogP contribution in [0.2, 0.25) is 0 Å². The Balaban J connectivity index is 2.87. The van der Waals surface area contributed by atoms with Gasteiger partial charge in [-0.05, 0) is 47.6 Å². The zero-order valence-electron chi connectivity index (χ0n) is 11.0. The number of rotatable bonds is 6. The largest absolute Gasteiger partial charge is 0.416 e. The zero-order chi connectivity index (χ0) is 14.5. The minimum absolute atomic E-state index is 0.473. The molecule has 0 heterocycles. The molecular weight excluding hydrogens is 321 g/mol. The van der Waals surface area contributed by atoms with Crippen molar-refractivity contribution in [2.45, 2.75) is 20.0 Å². The van der Waals surface area contributed by atoms with E-state index in [2.05, 4.69) is 21.2 Å². The number of hydrogen-bond donors (Lipinski definition) is 1. The van der Waals surface area contributed by atoms with Crippen molar-refractivity contribution in [3.8, 4) is 0 Å². The molecule has 0 saturated heterocycles. The SMILES string of the molecule is CCNCCN(CC)c1ccc(C(F)(F)F)cc1Br. The normalized spacial score (nSPS) is 11.7. The molecule has 0 aromatic heterocycles. The highest BCUT2D eigenvalue weighted by atomic mass is 79.9. The Morgan fingerprint density at radius 1 is 1.26 bits per heavy atom. The molecule has 1 aromatic carbocycles. The smallest absolute Gasteiger partial charge is 0.370 e. The first kappa shape index (κ1) is 16.3. The number of anilines is 1. The summed E-state index contributed by atoms with van der Waals surface area (Å²) in [6.07, 6.45) is -4.30. The molecule has 0 amide bonds. The first-order valence-corrected chi connectivity index (χ1v) is 7.01. The van der Waals surface area contributed by atoms with E-state index in [1.54, 1.807) is 0 Å². The third kappa shape index (κ3) is 4.69. The molecule has 0 bridgehead atoms. The lowest BCUT2D eigenvalue weighted by Gasteiger charge is -2.25. The number of likely N-dealkylation sites (N-methyl/N-ethyl adjacent to an activating group) is 2. The molecule has 1 rings (SSSR count). The van der Waals surface area contributed by atoms with Crippen LogP contribution in [0.5, 0.6) is 0 Å². The quantitative estimate of drug-likeness (QED) is 0.791. The van der Waals surface area contributed by atoms with Crippen molar-refractivity contribution >= 4 is 21.6 Å². The van der Waals surface area contributed by atoms with Crippen molar-refractivity contribution in [3.63, 3.8) is 0 Å². The summed E-state index contributed by atoms with van der Waals surface area (Å²) in [7, 11) is 0. The lowest BCUT2D eigenvalue weighted by atomic mass is 10.2. The van der Waals surface area contributed by atoms with Gasteiger partial charge in [-0.1, -0.05) is 6.92 Å². The van der Waals surface area contributed by atoms with Crippen LogP contribution in [0.15, 0.2) is 22.7 Å². The summed E-state index contributed by atoms with van der Waals surface area (Å²) in [5.74, 6) is 0. The lowest BCUT2D eigenvalue weighted by Crippen LogP contribution is -2.32. The van der Waals surface area contributed by atoms with Crippen LogP contribution in [0.25, 0.3) is 0 Å². The van der Waals surface area contributed by atoms with Crippen LogP contribution < -0.4 is 10.2 Å². The first-order valence-electron chi connectivity index (χ1n) is 6.22. The van der Waals surface area contributed by atoms with Gasteiger partial charge in [-0.3, -0.25) is 0 Å². The van der Waals surface area contributed by atoms with E-state index >= 15 is 0 Å². The number of alkyl halides is 3. The van der Waals surface area contributed by atoms with E-state index in [0.717, 1.165) is 44.0 Å². The minimum Gasteiger partial charge on any atom is -0.370 e. The molecule has 0 atom stereocenters. The van der Waals surface area contributed by atoms with Crippen LogP contribution in [0.4, 0.5) is 18.9 Å². The monoisotopic (exact) mass is 338 g/mol. The Morgan fingerprint density at radius 3 is 2.42 bits per heavy atom. The van der Waals surface area contributed by atoms with Gasteiger partial charge in [0.1, 0.15) is 0 Å². The van der Waals surface area contributed by atoms with E-state index in [1.807, 2.05) is 18.7 Å². The number of benzene rings is 1. The van der Waals surface area contributed by atoms with Crippen LogP contribution in [-0.2, 0) is 6.18 Å². The van der Waals surface area contributed by atoms with Gasteiger partial charge in [-0.2, -0.15) is 13.2 Å². The first-order chi connectivity index (χ1) is 8.90. The molecule has 108 valence electrons. The van der Waals surface area contributed by atoms with E-state index in [1.165, 1.54) is 6.07 Å². The highest BCUT2D eigenvalue weighted by Crippen LogP contribution is 2.35. The Labute approximate surface area is 120 Å². The molecule has 0 saturated carbocycles. The maximum absolute atomic E-state index is 12.6. The van der Waals surface area contributed by atoms with E-state index in [9.17, 15) is 13.2 Å². The van der Waals surface area contributed by atoms with Gasteiger partial charge in [0.15, 0.2) is 0 Å². The van der Waals surface area contributed by atoms with Crippen LogP contribution in [-0.4, -0.2) is 26.2 Å². The highest BCUT2D eigenvalue weighted by molar-refractivity contribution is 9.10. The maximum atomic E-state index is 12.6. The highest BCUT2D eigenvalue weighted by Gasteiger charge is 2.31. The van der Waals surface area contributed by atoms with Gasteiger partial charge in [0.25, 0.3) is 0 Å². The number of hydrogen-bond acceptors (Lipinski definition) is 2. The van der Waals surface area contributed by atoms with Gasteiger partial charge in [0, 0.05) is 24.1 Å². The van der Waals surface area contributed by atoms with Crippen LogP contribution in [0, 0.1) is 0 Å². The minimum atomic E-state index is -4.30. The average Bonchev–Trinajstić information content (AvgIpc) is 2.34.